The lowest BCUT2D eigenvalue weighted by Crippen LogP contribution is -2.53. The van der Waals surface area contributed by atoms with E-state index in [2.05, 4.69) is 114 Å². The molecule has 0 amide bonds. The van der Waals surface area contributed by atoms with E-state index in [9.17, 15) is 24.0 Å². The van der Waals surface area contributed by atoms with Crippen molar-refractivity contribution in [3.63, 3.8) is 0 Å². The number of hydrogen-bond donors (Lipinski definition) is 7. The Morgan fingerprint density at radius 1 is 0.422 bits per heavy atom. The van der Waals surface area contributed by atoms with E-state index < -0.39 is 29.8 Å². The molecule has 0 aromatic carbocycles. The summed E-state index contributed by atoms with van der Waals surface area (Å²) in [6, 6.07) is -0.660. The molecule has 0 aromatic heterocycles. The van der Waals surface area contributed by atoms with Crippen LogP contribution in [-0.4, -0.2) is 154 Å². The molecule has 5 aliphatic heterocycles. The Morgan fingerprint density at radius 2 is 0.766 bits per heavy atom. The number of rotatable bonds is 8. The van der Waals surface area contributed by atoms with Crippen LogP contribution < -0.4 is 10.6 Å². The van der Waals surface area contributed by atoms with Gasteiger partial charge < -0.3 is 36.2 Å². The summed E-state index contributed by atoms with van der Waals surface area (Å²) >= 11 is 0. The molecule has 0 spiro atoms. The van der Waals surface area contributed by atoms with Crippen molar-refractivity contribution in [2.45, 2.75) is 154 Å². The average molecular weight is 912 g/mol. The smallest absolute Gasteiger partial charge is 0.320 e. The molecule has 5 atom stereocenters. The molecule has 374 valence electrons. The molecule has 64 heavy (non-hydrogen) atoms. The van der Waals surface area contributed by atoms with Gasteiger partial charge in [-0.25, -0.2) is 0 Å². The van der Waals surface area contributed by atoms with E-state index in [1.807, 2.05) is 14.7 Å². The number of carboxylic acids is 5. The Balaban J connectivity index is 0.000000400. The molecule has 0 radical (unpaired) electrons. The highest BCUT2D eigenvalue weighted by molar-refractivity contribution is 5.74. The van der Waals surface area contributed by atoms with Gasteiger partial charge in [0.1, 0.15) is 12.1 Å². The van der Waals surface area contributed by atoms with Crippen LogP contribution in [0.3, 0.4) is 0 Å². The number of piperidine rings is 2. The van der Waals surface area contributed by atoms with E-state index in [0.29, 0.717) is 39.9 Å². The van der Waals surface area contributed by atoms with Gasteiger partial charge in [-0.2, -0.15) is 0 Å². The van der Waals surface area contributed by atoms with E-state index in [1.54, 1.807) is 0 Å². The van der Waals surface area contributed by atoms with Gasteiger partial charge in [0.05, 0.1) is 19.6 Å². The van der Waals surface area contributed by atoms with E-state index >= 15 is 0 Å². The summed E-state index contributed by atoms with van der Waals surface area (Å²) in [4.78, 5) is 58.7. The normalized spacial score (nSPS) is 25.4. The molecular formula is C49H93N5O10. The summed E-state index contributed by atoms with van der Waals surface area (Å²) in [7, 11) is 0. The molecule has 5 saturated heterocycles. The van der Waals surface area contributed by atoms with Gasteiger partial charge in [-0.3, -0.25) is 38.7 Å². The Morgan fingerprint density at radius 3 is 1.12 bits per heavy atom. The van der Waals surface area contributed by atoms with Crippen LogP contribution in [0.25, 0.3) is 0 Å². The lowest BCUT2D eigenvalue weighted by Gasteiger charge is -2.45. The maximum atomic E-state index is 10.8. The van der Waals surface area contributed by atoms with E-state index in [4.69, 9.17) is 25.5 Å². The SMILES string of the molecule is CC(C)(C)C1CCN(CC(=O)O)C1.CC(C)(C)C1CCN(CC(=O)O)CC1.CC(C)(C)C1CCNC(C(=O)O)C1.CC(C)(C)C1CN(CC(=O)O)C1.CC(C)(C)C1CNC(C(=O)O)C1. The molecular weight excluding hydrogens is 819 g/mol. The molecule has 5 rings (SSSR count). The summed E-state index contributed by atoms with van der Waals surface area (Å²) in [5.74, 6) is -0.517. The summed E-state index contributed by atoms with van der Waals surface area (Å²) in [5, 5.41) is 49.4. The summed E-state index contributed by atoms with van der Waals surface area (Å²) in [6.07, 6.45) is 6.02. The summed E-state index contributed by atoms with van der Waals surface area (Å²) < 4.78 is 0. The number of hydrogen-bond acceptors (Lipinski definition) is 10. The molecule has 5 heterocycles. The van der Waals surface area contributed by atoms with E-state index in [1.165, 1.54) is 0 Å². The average Bonchev–Trinajstić information content (AvgIpc) is 3.81. The first-order valence-electron chi connectivity index (χ1n) is 23.7. The molecule has 15 heteroatoms. The van der Waals surface area contributed by atoms with Crippen LogP contribution in [0, 0.1) is 56.7 Å². The lowest BCUT2D eigenvalue weighted by atomic mass is 9.74. The number of carboxylic acid groups (broad SMARTS) is 5. The van der Waals surface area contributed by atoms with Gasteiger partial charge in [0.2, 0.25) is 0 Å². The Kier molecular flexibility index (Phi) is 23.4. The second-order valence-electron chi connectivity index (χ2n) is 24.5. The van der Waals surface area contributed by atoms with Crippen molar-refractivity contribution in [1.82, 2.24) is 25.3 Å². The van der Waals surface area contributed by atoms with Crippen LogP contribution in [0.1, 0.15) is 142 Å². The zero-order valence-corrected chi connectivity index (χ0v) is 42.7. The highest BCUT2D eigenvalue weighted by Crippen LogP contribution is 2.37. The van der Waals surface area contributed by atoms with Gasteiger partial charge in [0, 0.05) is 19.6 Å². The first-order chi connectivity index (χ1) is 29.0. The predicted molar refractivity (Wildman–Crippen MR) is 254 cm³/mol. The minimum absolute atomic E-state index is 0.201. The van der Waals surface area contributed by atoms with Crippen molar-refractivity contribution in [2.24, 2.45) is 56.7 Å². The lowest BCUT2D eigenvalue weighted by molar-refractivity contribution is -0.141. The van der Waals surface area contributed by atoms with Crippen LogP contribution in [0.2, 0.25) is 0 Å². The Hall–Kier alpha value is -2.85. The highest BCUT2D eigenvalue weighted by Gasteiger charge is 2.38. The maximum absolute atomic E-state index is 10.8. The van der Waals surface area contributed by atoms with Crippen LogP contribution in [0.5, 0.6) is 0 Å². The summed E-state index contributed by atoms with van der Waals surface area (Å²) in [6.45, 7) is 41.0. The molecule has 0 saturated carbocycles. The molecule has 7 N–H and O–H groups in total. The number of likely N-dealkylation sites (tertiary alicyclic amines) is 3. The van der Waals surface area contributed by atoms with Crippen LogP contribution >= 0.6 is 0 Å². The monoisotopic (exact) mass is 912 g/mol. The Labute approximate surface area is 386 Å². The number of aliphatic carboxylic acids is 5. The molecule has 15 nitrogen and oxygen atoms in total. The van der Waals surface area contributed by atoms with Gasteiger partial charge in [0.25, 0.3) is 0 Å². The van der Waals surface area contributed by atoms with Gasteiger partial charge in [-0.05, 0) is 128 Å². The van der Waals surface area contributed by atoms with Crippen LogP contribution in [0.4, 0.5) is 0 Å². The largest absolute Gasteiger partial charge is 0.480 e. The molecule has 5 fully saturated rings. The number of carbonyl (C=O) groups is 5. The van der Waals surface area contributed by atoms with Crippen molar-refractivity contribution >= 4 is 29.8 Å². The Bertz CT molecular complexity index is 1460. The first kappa shape index (κ1) is 59.2. The number of nitrogens with one attached hydrogen (secondary N) is 2. The molecule has 0 aromatic rings. The first-order valence-corrected chi connectivity index (χ1v) is 23.7. The number of nitrogens with zero attached hydrogens (tertiary/aromatic N) is 3. The second-order valence-corrected chi connectivity index (χ2v) is 24.5. The topological polar surface area (TPSA) is 220 Å². The second kappa shape index (κ2) is 25.3. The quantitative estimate of drug-likeness (QED) is 0.132. The van der Waals surface area contributed by atoms with Crippen molar-refractivity contribution < 1.29 is 49.5 Å². The highest BCUT2D eigenvalue weighted by atomic mass is 16.4. The maximum Gasteiger partial charge on any atom is 0.320 e. The van der Waals surface area contributed by atoms with E-state index in [0.717, 1.165) is 96.8 Å². The fourth-order valence-corrected chi connectivity index (χ4v) is 8.94. The summed E-state index contributed by atoms with van der Waals surface area (Å²) in [5.41, 5.74) is 1.46. The predicted octanol–water partition coefficient (Wildman–Crippen LogP) is 6.90. The third kappa shape index (κ3) is 23.1. The van der Waals surface area contributed by atoms with E-state index in [-0.39, 0.29) is 42.5 Å². The zero-order valence-electron chi connectivity index (χ0n) is 42.7. The van der Waals surface area contributed by atoms with Crippen LogP contribution in [-0.2, 0) is 24.0 Å². The van der Waals surface area contributed by atoms with Crippen molar-refractivity contribution in [3.8, 4) is 0 Å². The molecule has 0 bridgehead atoms. The fourth-order valence-electron chi connectivity index (χ4n) is 8.94. The van der Waals surface area contributed by atoms with Gasteiger partial charge in [-0.15, -0.1) is 0 Å². The third-order valence-electron chi connectivity index (χ3n) is 14.1. The standard InChI is InChI=1S/C11H21NO2.2C10H19NO2.2C9H17NO2/c1-11(2,3)9-4-6-12(7-5-9)8-10(13)14;1-10(2,3)8-4-5-11(6-8)7-9(12)13;1-10(2,3)7-4-5-11-8(6-7)9(12)13;1-9(2,3)7-4-10(5-7)6-8(11)12;1-9(2,3)6-4-7(8(11)12)10-5-6/h9H,4-8H2,1-3H3,(H,13,14);8H,4-7H2,1-3H3,(H,12,13);7-8,11H,4-6H2,1-3H3,(H,12,13);7H,4-6H2,1-3H3,(H,11,12);6-7,10H,4-5H2,1-3H3,(H,11,12). The molecule has 5 unspecified atom stereocenters. The van der Waals surface area contributed by atoms with Gasteiger partial charge in [-0.1, -0.05) is 104 Å². The fraction of sp³-hybridized carbons (Fsp3) is 0.898. The van der Waals surface area contributed by atoms with Crippen molar-refractivity contribution in [2.75, 3.05) is 72.0 Å². The van der Waals surface area contributed by atoms with Crippen molar-refractivity contribution in [1.29, 1.82) is 0 Å². The molecule has 5 aliphatic rings. The van der Waals surface area contributed by atoms with Gasteiger partial charge >= 0.3 is 29.8 Å². The van der Waals surface area contributed by atoms with Gasteiger partial charge in [0.15, 0.2) is 0 Å². The zero-order chi connectivity index (χ0) is 49.6. The van der Waals surface area contributed by atoms with Crippen molar-refractivity contribution in [3.05, 3.63) is 0 Å². The minimum atomic E-state index is -0.721. The van der Waals surface area contributed by atoms with Crippen LogP contribution in [0.15, 0.2) is 0 Å². The third-order valence-corrected chi connectivity index (χ3v) is 14.1. The molecule has 0 aliphatic carbocycles. The minimum Gasteiger partial charge on any atom is -0.480 e.